The summed E-state index contributed by atoms with van der Waals surface area (Å²) in [5.41, 5.74) is 2.07. The van der Waals surface area contributed by atoms with Gasteiger partial charge in [0.15, 0.2) is 5.11 Å². The van der Waals surface area contributed by atoms with E-state index in [-0.39, 0.29) is 5.56 Å². The number of pyridine rings is 1. The molecule has 0 atom stereocenters. The van der Waals surface area contributed by atoms with Crippen molar-refractivity contribution < 1.29 is 9.47 Å². The second-order valence-electron chi connectivity index (χ2n) is 7.66. The summed E-state index contributed by atoms with van der Waals surface area (Å²) < 4.78 is 10.8. The predicted octanol–water partition coefficient (Wildman–Crippen LogP) is 4.09. The Hall–Kier alpha value is -3.10. The quantitative estimate of drug-likeness (QED) is 0.435. The molecule has 33 heavy (non-hydrogen) atoms. The number of anilines is 1. The maximum Gasteiger partial charge on any atom is 0.253 e. The third kappa shape index (κ3) is 6.24. The SMILES string of the molecule is CCN(CC)CCN(Cc1cc2cc(OC)ccc2[nH]c1=O)C(=S)Nc1ccccc1OC. The lowest BCUT2D eigenvalue weighted by Crippen LogP contribution is -2.41. The lowest BCUT2D eigenvalue weighted by Gasteiger charge is -2.29. The monoisotopic (exact) mass is 468 g/mol. The zero-order valence-corrected chi connectivity index (χ0v) is 20.5. The first-order valence-corrected chi connectivity index (χ1v) is 11.5. The molecule has 8 heteroatoms. The fourth-order valence-electron chi connectivity index (χ4n) is 3.68. The average Bonchev–Trinajstić information content (AvgIpc) is 2.84. The van der Waals surface area contributed by atoms with Gasteiger partial charge in [0.1, 0.15) is 11.5 Å². The highest BCUT2D eigenvalue weighted by molar-refractivity contribution is 7.80. The van der Waals surface area contributed by atoms with Crippen molar-refractivity contribution in [1.29, 1.82) is 0 Å². The van der Waals surface area contributed by atoms with Crippen molar-refractivity contribution in [2.75, 3.05) is 45.7 Å². The summed E-state index contributed by atoms with van der Waals surface area (Å²) in [7, 11) is 3.26. The first-order valence-electron chi connectivity index (χ1n) is 11.1. The normalized spacial score (nSPS) is 10.9. The van der Waals surface area contributed by atoms with E-state index in [0.29, 0.717) is 29.5 Å². The summed E-state index contributed by atoms with van der Waals surface area (Å²) in [6.45, 7) is 8.07. The van der Waals surface area contributed by atoms with E-state index in [9.17, 15) is 4.79 Å². The Kier molecular flexibility index (Phi) is 8.68. The summed E-state index contributed by atoms with van der Waals surface area (Å²) in [5, 5.41) is 4.75. The van der Waals surface area contributed by atoms with Crippen molar-refractivity contribution >= 4 is 33.9 Å². The van der Waals surface area contributed by atoms with Gasteiger partial charge < -0.3 is 29.6 Å². The molecule has 0 aliphatic carbocycles. The summed E-state index contributed by atoms with van der Waals surface area (Å²) >= 11 is 5.78. The molecule has 0 spiro atoms. The number of fused-ring (bicyclic) bond motifs is 1. The van der Waals surface area contributed by atoms with E-state index in [1.807, 2.05) is 53.4 Å². The molecule has 0 bridgehead atoms. The number of thiocarbonyl (C=S) groups is 1. The van der Waals surface area contributed by atoms with Crippen LogP contribution in [0.4, 0.5) is 5.69 Å². The fraction of sp³-hybridized carbons (Fsp3) is 0.360. The van der Waals surface area contributed by atoms with Crippen molar-refractivity contribution in [2.45, 2.75) is 20.4 Å². The number of benzene rings is 2. The minimum absolute atomic E-state index is 0.124. The van der Waals surface area contributed by atoms with Gasteiger partial charge in [-0.05, 0) is 61.7 Å². The van der Waals surface area contributed by atoms with Crippen molar-refractivity contribution in [2.24, 2.45) is 0 Å². The average molecular weight is 469 g/mol. The first kappa shape index (κ1) is 24.5. The van der Waals surface area contributed by atoms with E-state index < -0.39 is 0 Å². The molecule has 3 aromatic rings. The van der Waals surface area contributed by atoms with Crippen LogP contribution in [0.5, 0.6) is 11.5 Å². The minimum Gasteiger partial charge on any atom is -0.497 e. The molecule has 0 amide bonds. The topological polar surface area (TPSA) is 69.8 Å². The van der Waals surface area contributed by atoms with Gasteiger partial charge in [0.25, 0.3) is 5.56 Å². The molecular formula is C25H32N4O3S. The number of H-pyrrole nitrogens is 1. The van der Waals surface area contributed by atoms with Gasteiger partial charge in [0.05, 0.1) is 26.5 Å². The number of ether oxygens (including phenoxy) is 2. The summed E-state index contributed by atoms with van der Waals surface area (Å²) in [4.78, 5) is 20.2. The van der Waals surface area contributed by atoms with Crippen molar-refractivity contribution in [3.05, 3.63) is 64.4 Å². The predicted molar refractivity (Wildman–Crippen MR) is 139 cm³/mol. The van der Waals surface area contributed by atoms with Crippen LogP contribution in [-0.4, -0.2) is 60.3 Å². The Morgan fingerprint density at radius 1 is 1.03 bits per heavy atom. The van der Waals surface area contributed by atoms with Crippen LogP contribution < -0.4 is 20.3 Å². The zero-order chi connectivity index (χ0) is 23.8. The number of hydrogen-bond donors (Lipinski definition) is 2. The first-order chi connectivity index (χ1) is 16.0. The van der Waals surface area contributed by atoms with E-state index in [4.69, 9.17) is 21.7 Å². The number of aromatic nitrogens is 1. The highest BCUT2D eigenvalue weighted by atomic mass is 32.1. The van der Waals surface area contributed by atoms with E-state index in [1.54, 1.807) is 14.2 Å². The summed E-state index contributed by atoms with van der Waals surface area (Å²) in [5.74, 6) is 1.45. The van der Waals surface area contributed by atoms with Gasteiger partial charge in [0, 0.05) is 29.6 Å². The van der Waals surface area contributed by atoms with Gasteiger partial charge in [-0.3, -0.25) is 4.79 Å². The van der Waals surface area contributed by atoms with E-state index in [1.165, 1.54) is 0 Å². The number of para-hydroxylation sites is 2. The van der Waals surface area contributed by atoms with E-state index in [0.717, 1.165) is 42.0 Å². The molecule has 0 radical (unpaired) electrons. The van der Waals surface area contributed by atoms with Gasteiger partial charge in [-0.25, -0.2) is 0 Å². The number of aromatic amines is 1. The van der Waals surface area contributed by atoms with E-state index >= 15 is 0 Å². The minimum atomic E-state index is -0.124. The Labute approximate surface area is 200 Å². The molecule has 176 valence electrons. The molecule has 1 aromatic heterocycles. The maximum atomic E-state index is 12.8. The van der Waals surface area contributed by atoms with Gasteiger partial charge in [0.2, 0.25) is 0 Å². The molecule has 2 aromatic carbocycles. The van der Waals surface area contributed by atoms with Crippen LogP contribution in [0, 0.1) is 0 Å². The molecule has 0 aliphatic heterocycles. The van der Waals surface area contributed by atoms with Crippen molar-refractivity contribution in [3.8, 4) is 11.5 Å². The molecule has 2 N–H and O–H groups in total. The Morgan fingerprint density at radius 2 is 1.79 bits per heavy atom. The third-order valence-electron chi connectivity index (χ3n) is 5.71. The molecule has 3 rings (SSSR count). The van der Waals surface area contributed by atoms with Crippen LogP contribution in [0.15, 0.2) is 53.3 Å². The standard InChI is InChI=1S/C25H32N4O3S/c1-5-28(6-2)13-14-29(25(33)27-22-9-7-8-10-23(22)32-4)17-19-15-18-16-20(31-3)11-12-21(18)26-24(19)30/h7-12,15-16H,5-6,13-14,17H2,1-4H3,(H,26,30)(H,27,33). The number of nitrogens with one attached hydrogen (secondary N) is 2. The highest BCUT2D eigenvalue weighted by Crippen LogP contribution is 2.24. The number of methoxy groups -OCH3 is 2. The van der Waals surface area contributed by atoms with Gasteiger partial charge in [-0.15, -0.1) is 0 Å². The second-order valence-corrected chi connectivity index (χ2v) is 8.04. The summed E-state index contributed by atoms with van der Waals surface area (Å²) in [6, 6.07) is 15.2. The van der Waals surface area contributed by atoms with Gasteiger partial charge in [-0.2, -0.15) is 0 Å². The largest absolute Gasteiger partial charge is 0.497 e. The molecule has 7 nitrogen and oxygen atoms in total. The second kappa shape index (κ2) is 11.7. The number of nitrogens with zero attached hydrogens (tertiary/aromatic N) is 2. The Morgan fingerprint density at radius 3 is 2.48 bits per heavy atom. The number of rotatable bonds is 10. The van der Waals surface area contributed by atoms with Gasteiger partial charge in [-0.1, -0.05) is 26.0 Å². The maximum absolute atomic E-state index is 12.8. The lowest BCUT2D eigenvalue weighted by atomic mass is 10.1. The molecule has 0 saturated heterocycles. The Bertz CT molecular complexity index is 1140. The fourth-order valence-corrected chi connectivity index (χ4v) is 3.94. The Balaban J connectivity index is 1.89. The molecule has 0 unspecified atom stereocenters. The molecule has 0 aliphatic rings. The number of hydrogen-bond acceptors (Lipinski definition) is 5. The summed E-state index contributed by atoms with van der Waals surface area (Å²) in [6.07, 6.45) is 0. The van der Waals surface area contributed by atoms with Crippen molar-refractivity contribution in [3.63, 3.8) is 0 Å². The molecule has 0 fully saturated rings. The van der Waals surface area contributed by atoms with Crippen LogP contribution >= 0.6 is 12.2 Å². The molecule has 1 heterocycles. The highest BCUT2D eigenvalue weighted by Gasteiger charge is 2.16. The van der Waals surface area contributed by atoms with Crippen LogP contribution in [-0.2, 0) is 6.54 Å². The number of likely N-dealkylation sites (N-methyl/N-ethyl adjacent to an activating group) is 1. The van der Waals surface area contributed by atoms with E-state index in [2.05, 4.69) is 29.0 Å². The lowest BCUT2D eigenvalue weighted by molar-refractivity contribution is 0.266. The van der Waals surface area contributed by atoms with Crippen LogP contribution in [0.25, 0.3) is 10.9 Å². The van der Waals surface area contributed by atoms with Crippen LogP contribution in [0.1, 0.15) is 19.4 Å². The smallest absolute Gasteiger partial charge is 0.253 e. The molecule has 0 saturated carbocycles. The van der Waals surface area contributed by atoms with Crippen LogP contribution in [0.3, 0.4) is 0 Å². The zero-order valence-electron chi connectivity index (χ0n) is 19.7. The van der Waals surface area contributed by atoms with Crippen LogP contribution in [0.2, 0.25) is 0 Å². The van der Waals surface area contributed by atoms with Gasteiger partial charge >= 0.3 is 0 Å². The third-order valence-corrected chi connectivity index (χ3v) is 6.07. The molecular weight excluding hydrogens is 436 g/mol. The van der Waals surface area contributed by atoms with Crippen molar-refractivity contribution in [1.82, 2.24) is 14.8 Å².